The van der Waals surface area contributed by atoms with E-state index in [9.17, 15) is 14.9 Å². The number of aromatic nitrogens is 3. The Bertz CT molecular complexity index is 1090. The van der Waals surface area contributed by atoms with Crippen LogP contribution in [-0.2, 0) is 4.79 Å². The van der Waals surface area contributed by atoms with Crippen LogP contribution in [-0.4, -0.2) is 37.7 Å². The van der Waals surface area contributed by atoms with Crippen molar-refractivity contribution in [3.8, 4) is 0 Å². The predicted octanol–water partition coefficient (Wildman–Crippen LogP) is 2.84. The topological polar surface area (TPSA) is 153 Å². The molecule has 0 spiro atoms. The average Bonchev–Trinajstić information content (AvgIpc) is 3.08. The zero-order valence-electron chi connectivity index (χ0n) is 15.2. The van der Waals surface area contributed by atoms with Gasteiger partial charge < -0.3 is 11.2 Å². The molecule has 1 heterocycles. The molecular weight excluding hydrogens is 476 g/mol. The smallest absolute Gasteiger partial charge is 0.271 e. The fourth-order valence-corrected chi connectivity index (χ4v) is 3.11. The first-order valence-electron chi connectivity index (χ1n) is 8.34. The van der Waals surface area contributed by atoms with Gasteiger partial charge in [0, 0.05) is 22.3 Å². The molecule has 11 nitrogen and oxygen atoms in total. The number of rotatable bonds is 8. The average molecular weight is 491 g/mol. The summed E-state index contributed by atoms with van der Waals surface area (Å²) in [5.41, 5.74) is 3.78. The van der Waals surface area contributed by atoms with E-state index in [4.69, 9.17) is 5.84 Å². The molecule has 3 rings (SSSR count). The van der Waals surface area contributed by atoms with Crippen molar-refractivity contribution in [3.63, 3.8) is 0 Å². The van der Waals surface area contributed by atoms with Crippen LogP contribution in [0, 0.1) is 10.1 Å². The number of nitrogens with zero attached hydrogens (tertiary/aromatic N) is 5. The second-order valence-electron chi connectivity index (χ2n) is 5.74. The monoisotopic (exact) mass is 490 g/mol. The number of thioether (sulfide) groups is 1. The Labute approximate surface area is 183 Å². The molecule has 2 aromatic carbocycles. The molecule has 4 N–H and O–H groups in total. The number of non-ortho nitro benzene ring substituents is 1. The molecule has 3 aromatic rings. The first-order chi connectivity index (χ1) is 14.4. The van der Waals surface area contributed by atoms with Crippen LogP contribution in [0.3, 0.4) is 0 Å². The highest BCUT2D eigenvalue weighted by Crippen LogP contribution is 2.19. The van der Waals surface area contributed by atoms with Crippen LogP contribution >= 0.6 is 27.7 Å². The molecule has 0 aliphatic rings. The Morgan fingerprint density at radius 1 is 1.30 bits per heavy atom. The van der Waals surface area contributed by atoms with Crippen LogP contribution in [0.1, 0.15) is 5.56 Å². The molecule has 0 aliphatic carbocycles. The van der Waals surface area contributed by atoms with E-state index >= 15 is 0 Å². The molecule has 0 unspecified atom stereocenters. The number of hydrazone groups is 1. The van der Waals surface area contributed by atoms with E-state index in [1.54, 1.807) is 12.3 Å². The van der Waals surface area contributed by atoms with Gasteiger partial charge in [-0.05, 0) is 23.8 Å². The fourth-order valence-electron chi connectivity index (χ4n) is 2.19. The number of nitro groups is 1. The largest absolute Gasteiger partial charge is 0.334 e. The number of hydrogen-bond donors (Lipinski definition) is 3. The van der Waals surface area contributed by atoms with Crippen LogP contribution in [0.15, 0.2) is 63.3 Å². The van der Waals surface area contributed by atoms with Crippen LogP contribution in [0.2, 0.25) is 0 Å². The summed E-state index contributed by atoms with van der Waals surface area (Å²) in [6, 6.07) is 13.2. The number of nitrogens with one attached hydrogen (secondary N) is 2. The van der Waals surface area contributed by atoms with Crippen molar-refractivity contribution in [3.05, 3.63) is 68.7 Å². The molecule has 0 saturated heterocycles. The summed E-state index contributed by atoms with van der Waals surface area (Å²) < 4.78 is 2.13. The standard InChI is InChI=1S/C17H15BrN8O3S/c18-12-6-4-11(5-7-12)9-20-22-16-23-24-17(25(16)19)30-10-15(27)21-13-2-1-3-14(8-13)26(28)29/h1-9H,10,19H2,(H,21,27)(H,22,23)/b20-9+. The molecule has 0 radical (unpaired) electrons. The number of nitrogens with two attached hydrogens (primary N) is 1. The summed E-state index contributed by atoms with van der Waals surface area (Å²) in [7, 11) is 0. The van der Waals surface area contributed by atoms with Crippen LogP contribution in [0.5, 0.6) is 0 Å². The first kappa shape index (κ1) is 21.3. The van der Waals surface area contributed by atoms with Gasteiger partial charge in [0.25, 0.3) is 11.6 Å². The number of hydrogen-bond acceptors (Lipinski definition) is 9. The Morgan fingerprint density at radius 3 is 2.80 bits per heavy atom. The van der Waals surface area contributed by atoms with Crippen molar-refractivity contribution in [2.75, 3.05) is 22.3 Å². The lowest BCUT2D eigenvalue weighted by atomic mass is 10.2. The first-order valence-corrected chi connectivity index (χ1v) is 10.1. The van der Waals surface area contributed by atoms with E-state index < -0.39 is 4.92 Å². The quantitative estimate of drug-likeness (QED) is 0.143. The van der Waals surface area contributed by atoms with Gasteiger partial charge in [-0.15, -0.1) is 10.2 Å². The second kappa shape index (κ2) is 9.84. The normalized spacial score (nSPS) is 10.8. The summed E-state index contributed by atoms with van der Waals surface area (Å²) >= 11 is 4.42. The van der Waals surface area contributed by atoms with Crippen LogP contribution in [0.25, 0.3) is 0 Å². The number of anilines is 2. The summed E-state index contributed by atoms with van der Waals surface area (Å²) in [6.07, 6.45) is 1.60. The molecule has 154 valence electrons. The highest BCUT2D eigenvalue weighted by Gasteiger charge is 2.13. The lowest BCUT2D eigenvalue weighted by Crippen LogP contribution is -2.17. The van der Waals surface area contributed by atoms with E-state index in [0.29, 0.717) is 10.8 Å². The van der Waals surface area contributed by atoms with Crippen molar-refractivity contribution < 1.29 is 9.72 Å². The van der Waals surface area contributed by atoms with E-state index in [-0.39, 0.29) is 23.3 Å². The molecular formula is C17H15BrN8O3S. The summed E-state index contributed by atoms with van der Waals surface area (Å²) in [6.45, 7) is 0. The Morgan fingerprint density at radius 2 is 2.07 bits per heavy atom. The number of benzene rings is 2. The molecule has 13 heteroatoms. The van der Waals surface area contributed by atoms with Gasteiger partial charge in [-0.25, -0.2) is 10.1 Å². The van der Waals surface area contributed by atoms with Gasteiger partial charge in [0.2, 0.25) is 11.1 Å². The Kier molecular flexibility index (Phi) is 6.98. The number of halogens is 1. The number of amides is 1. The van der Waals surface area contributed by atoms with Gasteiger partial charge in [0.1, 0.15) is 0 Å². The Hall–Kier alpha value is -3.45. The molecule has 0 aliphatic heterocycles. The number of nitro benzene ring substituents is 1. The van der Waals surface area contributed by atoms with Crippen molar-refractivity contribution in [1.82, 2.24) is 14.9 Å². The molecule has 0 fully saturated rings. The lowest BCUT2D eigenvalue weighted by molar-refractivity contribution is -0.384. The number of nitrogen functional groups attached to an aromatic ring is 1. The minimum absolute atomic E-state index is 0.0137. The van der Waals surface area contributed by atoms with Gasteiger partial charge >= 0.3 is 0 Å². The van der Waals surface area contributed by atoms with Crippen LogP contribution < -0.4 is 16.6 Å². The van der Waals surface area contributed by atoms with E-state index in [0.717, 1.165) is 21.8 Å². The van der Waals surface area contributed by atoms with Gasteiger partial charge in [-0.3, -0.25) is 14.9 Å². The molecule has 0 atom stereocenters. The second-order valence-corrected chi connectivity index (χ2v) is 7.60. The summed E-state index contributed by atoms with van der Waals surface area (Å²) in [5.74, 6) is 5.73. The Balaban J connectivity index is 1.53. The van der Waals surface area contributed by atoms with Gasteiger partial charge in [-0.1, -0.05) is 45.9 Å². The maximum absolute atomic E-state index is 12.1. The molecule has 0 saturated carbocycles. The predicted molar refractivity (Wildman–Crippen MR) is 118 cm³/mol. The molecule has 30 heavy (non-hydrogen) atoms. The van der Waals surface area contributed by atoms with E-state index in [1.165, 1.54) is 22.9 Å². The number of carbonyl (C=O) groups is 1. The zero-order valence-corrected chi connectivity index (χ0v) is 17.6. The lowest BCUT2D eigenvalue weighted by Gasteiger charge is -2.05. The van der Waals surface area contributed by atoms with Gasteiger partial charge in [-0.2, -0.15) is 5.10 Å². The van der Waals surface area contributed by atoms with Crippen molar-refractivity contribution in [2.24, 2.45) is 5.10 Å². The van der Waals surface area contributed by atoms with Gasteiger partial charge in [0.15, 0.2) is 0 Å². The van der Waals surface area contributed by atoms with E-state index in [2.05, 4.69) is 42.0 Å². The molecule has 1 aromatic heterocycles. The highest BCUT2D eigenvalue weighted by molar-refractivity contribution is 9.10. The minimum atomic E-state index is -0.533. The third-order valence-corrected chi connectivity index (χ3v) is 5.06. The van der Waals surface area contributed by atoms with E-state index in [1.807, 2.05) is 24.3 Å². The zero-order chi connectivity index (χ0) is 21.5. The van der Waals surface area contributed by atoms with Gasteiger partial charge in [0.05, 0.1) is 16.9 Å². The molecule has 0 bridgehead atoms. The van der Waals surface area contributed by atoms with Crippen molar-refractivity contribution >= 4 is 57.1 Å². The van der Waals surface area contributed by atoms with Crippen LogP contribution in [0.4, 0.5) is 17.3 Å². The third kappa shape index (κ3) is 5.78. The fraction of sp³-hybridized carbons (Fsp3) is 0.0588. The highest BCUT2D eigenvalue weighted by atomic mass is 79.9. The summed E-state index contributed by atoms with van der Waals surface area (Å²) in [4.78, 5) is 22.4. The third-order valence-electron chi connectivity index (χ3n) is 3.59. The minimum Gasteiger partial charge on any atom is -0.334 e. The molecule has 1 amide bonds. The van der Waals surface area contributed by atoms with Crippen molar-refractivity contribution in [1.29, 1.82) is 0 Å². The maximum atomic E-state index is 12.1. The SMILES string of the molecule is Nn1c(N/N=C/c2ccc(Br)cc2)nnc1SCC(=O)Nc1cccc([N+](=O)[O-])c1. The number of carbonyl (C=O) groups excluding carboxylic acids is 1. The van der Waals surface area contributed by atoms with Crippen molar-refractivity contribution in [2.45, 2.75) is 5.16 Å². The maximum Gasteiger partial charge on any atom is 0.271 e. The summed E-state index contributed by atoms with van der Waals surface area (Å²) in [5, 5.41) is 25.5.